The minimum absolute atomic E-state index is 0.0221. The number of halogens is 3. The van der Waals surface area contributed by atoms with Gasteiger partial charge in [0.1, 0.15) is 11.5 Å². The molecule has 0 bridgehead atoms. The van der Waals surface area contributed by atoms with Crippen molar-refractivity contribution in [2.24, 2.45) is 0 Å². The lowest BCUT2D eigenvalue weighted by molar-refractivity contribution is -0.385. The van der Waals surface area contributed by atoms with Crippen LogP contribution in [0.5, 0.6) is 0 Å². The summed E-state index contributed by atoms with van der Waals surface area (Å²) in [5, 5.41) is 12.7. The van der Waals surface area contributed by atoms with Gasteiger partial charge in [-0.15, -0.1) is 0 Å². The van der Waals surface area contributed by atoms with Crippen molar-refractivity contribution in [2.75, 3.05) is 5.32 Å². The number of nitro groups is 1. The second-order valence-corrected chi connectivity index (χ2v) is 4.67. The quantitative estimate of drug-likeness (QED) is 0.531. The average Bonchev–Trinajstić information content (AvgIpc) is 2.42. The van der Waals surface area contributed by atoms with E-state index in [0.717, 1.165) is 0 Å². The number of aryl methyl sites for hydroxylation is 1. The molecule has 1 amide bonds. The highest BCUT2D eigenvalue weighted by molar-refractivity contribution is 6.34. The van der Waals surface area contributed by atoms with Crippen molar-refractivity contribution in [3.63, 3.8) is 0 Å². The van der Waals surface area contributed by atoms with Crippen LogP contribution in [0.2, 0.25) is 5.02 Å². The first-order chi connectivity index (χ1) is 10.3. The Kier molecular flexibility index (Phi) is 4.32. The Morgan fingerprint density at radius 1 is 1.32 bits per heavy atom. The van der Waals surface area contributed by atoms with Gasteiger partial charge in [-0.3, -0.25) is 14.9 Å². The molecule has 22 heavy (non-hydrogen) atoms. The molecule has 1 N–H and O–H groups in total. The number of benzene rings is 1. The predicted molar refractivity (Wildman–Crippen MR) is 74.9 cm³/mol. The standard InChI is InChI=1S/C13H8ClF2N3O3/c1-6-11(19(21)22)2-3-12(17-6)18-13(20)7-4-9(15)10(16)5-8(7)14/h2-5H,1H3,(H,17,18,20). The summed E-state index contributed by atoms with van der Waals surface area (Å²) in [7, 11) is 0. The fourth-order valence-electron chi connectivity index (χ4n) is 1.70. The monoisotopic (exact) mass is 327 g/mol. The predicted octanol–water partition coefficient (Wildman–Crippen LogP) is 3.48. The van der Waals surface area contributed by atoms with E-state index in [-0.39, 0.29) is 27.8 Å². The van der Waals surface area contributed by atoms with Gasteiger partial charge in [0, 0.05) is 6.07 Å². The number of anilines is 1. The van der Waals surface area contributed by atoms with Gasteiger partial charge < -0.3 is 5.32 Å². The molecule has 0 radical (unpaired) electrons. The van der Waals surface area contributed by atoms with E-state index in [1.54, 1.807) is 0 Å². The van der Waals surface area contributed by atoms with Crippen molar-refractivity contribution in [1.82, 2.24) is 4.98 Å². The van der Waals surface area contributed by atoms with Crippen LogP contribution in [0, 0.1) is 28.7 Å². The lowest BCUT2D eigenvalue weighted by atomic mass is 10.2. The number of nitrogens with zero attached hydrogens (tertiary/aromatic N) is 2. The van der Waals surface area contributed by atoms with Crippen molar-refractivity contribution >= 4 is 29.0 Å². The summed E-state index contributed by atoms with van der Waals surface area (Å²) in [6.07, 6.45) is 0. The van der Waals surface area contributed by atoms with Crippen LogP contribution >= 0.6 is 11.6 Å². The number of carbonyl (C=O) groups is 1. The third kappa shape index (κ3) is 3.17. The Morgan fingerprint density at radius 3 is 2.55 bits per heavy atom. The smallest absolute Gasteiger partial charge is 0.290 e. The van der Waals surface area contributed by atoms with E-state index in [4.69, 9.17) is 11.6 Å². The number of carbonyl (C=O) groups excluding carboxylic acids is 1. The van der Waals surface area contributed by atoms with Crippen LogP contribution in [0.4, 0.5) is 20.3 Å². The van der Waals surface area contributed by atoms with Gasteiger partial charge in [-0.05, 0) is 25.1 Å². The van der Waals surface area contributed by atoms with Crippen molar-refractivity contribution < 1.29 is 18.5 Å². The van der Waals surface area contributed by atoms with E-state index < -0.39 is 22.5 Å². The molecular formula is C13H8ClF2N3O3. The number of nitrogens with one attached hydrogen (secondary N) is 1. The van der Waals surface area contributed by atoms with Crippen LogP contribution in [0.25, 0.3) is 0 Å². The van der Waals surface area contributed by atoms with E-state index in [1.165, 1.54) is 19.1 Å². The fourth-order valence-corrected chi connectivity index (χ4v) is 1.93. The molecule has 2 rings (SSSR count). The molecular weight excluding hydrogens is 320 g/mol. The largest absolute Gasteiger partial charge is 0.307 e. The van der Waals surface area contributed by atoms with Crippen LogP contribution in [0.3, 0.4) is 0 Å². The second-order valence-electron chi connectivity index (χ2n) is 4.26. The number of pyridine rings is 1. The SMILES string of the molecule is Cc1nc(NC(=O)c2cc(F)c(F)cc2Cl)ccc1[N+](=O)[O-]. The molecule has 0 aliphatic heterocycles. The van der Waals surface area contributed by atoms with Gasteiger partial charge in [0.05, 0.1) is 15.5 Å². The Labute approximate surface area is 127 Å². The molecule has 0 aliphatic carbocycles. The molecule has 1 heterocycles. The maximum Gasteiger partial charge on any atom is 0.290 e. The van der Waals surface area contributed by atoms with Crippen LogP contribution < -0.4 is 5.32 Å². The highest BCUT2D eigenvalue weighted by atomic mass is 35.5. The van der Waals surface area contributed by atoms with Crippen molar-refractivity contribution in [2.45, 2.75) is 6.92 Å². The highest BCUT2D eigenvalue weighted by Gasteiger charge is 2.17. The van der Waals surface area contributed by atoms with E-state index >= 15 is 0 Å². The first kappa shape index (κ1) is 15.8. The zero-order chi connectivity index (χ0) is 16.4. The number of hydrogen-bond acceptors (Lipinski definition) is 4. The van der Waals surface area contributed by atoms with Gasteiger partial charge in [-0.25, -0.2) is 13.8 Å². The number of aromatic nitrogens is 1. The summed E-state index contributed by atoms with van der Waals surface area (Å²) in [6, 6.07) is 3.73. The van der Waals surface area contributed by atoms with Crippen molar-refractivity contribution in [1.29, 1.82) is 0 Å². The fraction of sp³-hybridized carbons (Fsp3) is 0.0769. The Hall–Kier alpha value is -2.61. The lowest BCUT2D eigenvalue weighted by Gasteiger charge is -2.07. The molecule has 0 atom stereocenters. The van der Waals surface area contributed by atoms with Gasteiger partial charge in [-0.1, -0.05) is 11.6 Å². The van der Waals surface area contributed by atoms with Crippen molar-refractivity contribution in [3.05, 3.63) is 62.3 Å². The molecule has 0 unspecified atom stereocenters. The third-order valence-corrected chi connectivity index (χ3v) is 3.06. The first-order valence-corrected chi connectivity index (χ1v) is 6.25. The van der Waals surface area contributed by atoms with Crippen LogP contribution in [-0.2, 0) is 0 Å². The molecule has 114 valence electrons. The van der Waals surface area contributed by atoms with Gasteiger partial charge in [0.2, 0.25) is 0 Å². The second kappa shape index (κ2) is 6.02. The summed E-state index contributed by atoms with van der Waals surface area (Å²) in [5.74, 6) is -3.19. The zero-order valence-electron chi connectivity index (χ0n) is 11.1. The molecule has 1 aromatic heterocycles. The Bertz CT molecular complexity index is 783. The normalized spacial score (nSPS) is 10.4. The summed E-state index contributed by atoms with van der Waals surface area (Å²) in [6.45, 7) is 1.40. The van der Waals surface area contributed by atoms with Crippen LogP contribution in [0.15, 0.2) is 24.3 Å². The van der Waals surface area contributed by atoms with E-state index in [2.05, 4.69) is 10.3 Å². The van der Waals surface area contributed by atoms with Crippen molar-refractivity contribution in [3.8, 4) is 0 Å². The summed E-state index contributed by atoms with van der Waals surface area (Å²) in [5.41, 5.74) is -0.388. The summed E-state index contributed by atoms with van der Waals surface area (Å²) in [4.78, 5) is 25.9. The minimum Gasteiger partial charge on any atom is -0.307 e. The molecule has 0 aliphatic rings. The maximum atomic E-state index is 13.2. The zero-order valence-corrected chi connectivity index (χ0v) is 11.8. The van der Waals surface area contributed by atoms with Crippen LogP contribution in [0.1, 0.15) is 16.1 Å². The molecule has 0 saturated heterocycles. The Balaban J connectivity index is 2.28. The van der Waals surface area contributed by atoms with E-state index in [9.17, 15) is 23.7 Å². The summed E-state index contributed by atoms with van der Waals surface area (Å²) < 4.78 is 26.1. The third-order valence-electron chi connectivity index (χ3n) is 2.75. The van der Waals surface area contributed by atoms with E-state index in [0.29, 0.717) is 12.1 Å². The first-order valence-electron chi connectivity index (χ1n) is 5.87. The highest BCUT2D eigenvalue weighted by Crippen LogP contribution is 2.22. The number of hydrogen-bond donors (Lipinski definition) is 1. The van der Waals surface area contributed by atoms with Gasteiger partial charge >= 0.3 is 0 Å². The van der Waals surface area contributed by atoms with Gasteiger partial charge in [0.15, 0.2) is 11.6 Å². The maximum absolute atomic E-state index is 13.2. The van der Waals surface area contributed by atoms with E-state index in [1.807, 2.05) is 0 Å². The molecule has 9 heteroatoms. The number of amides is 1. The molecule has 1 aromatic carbocycles. The average molecular weight is 328 g/mol. The lowest BCUT2D eigenvalue weighted by Crippen LogP contribution is -2.14. The summed E-state index contributed by atoms with van der Waals surface area (Å²) >= 11 is 5.68. The molecule has 0 saturated carbocycles. The molecule has 0 spiro atoms. The Morgan fingerprint density at radius 2 is 1.95 bits per heavy atom. The van der Waals surface area contributed by atoms with Gasteiger partial charge in [0.25, 0.3) is 11.6 Å². The molecule has 0 fully saturated rings. The molecule has 2 aromatic rings. The van der Waals surface area contributed by atoms with Crippen LogP contribution in [-0.4, -0.2) is 15.8 Å². The topological polar surface area (TPSA) is 85.1 Å². The molecule has 6 nitrogen and oxygen atoms in total. The van der Waals surface area contributed by atoms with Gasteiger partial charge in [-0.2, -0.15) is 0 Å². The number of rotatable bonds is 3. The minimum atomic E-state index is -1.22.